The van der Waals surface area contributed by atoms with Crippen molar-refractivity contribution in [3.05, 3.63) is 101 Å². The number of nitrogens with zero attached hydrogens (tertiary/aromatic N) is 1. The highest BCUT2D eigenvalue weighted by atomic mass is 35.5. The quantitative estimate of drug-likeness (QED) is 0.105. The maximum absolute atomic E-state index is 13.9. The van der Waals surface area contributed by atoms with E-state index in [9.17, 15) is 32.9 Å². The van der Waals surface area contributed by atoms with Crippen molar-refractivity contribution in [1.29, 1.82) is 0 Å². The molecule has 8 nitrogen and oxygen atoms in total. The standard InChI is InChI=1S/C25H14Cl2F3NO7/c1-11-7-15(8-12(2)20(11)27)36-22-21(32)17-6-4-14(10-19(17)38-23(22)25(28,29)30)37-24(33)16-5-3-13(31(34)35)9-18(16)26/h3-10H,1-2H3. The number of benzene rings is 3. The number of nitro benzene ring substituents is 1. The van der Waals surface area contributed by atoms with Crippen LogP contribution < -0.4 is 14.9 Å². The van der Waals surface area contributed by atoms with E-state index in [4.69, 9.17) is 37.1 Å². The van der Waals surface area contributed by atoms with Gasteiger partial charge in [0.1, 0.15) is 17.1 Å². The first-order valence-electron chi connectivity index (χ1n) is 10.5. The van der Waals surface area contributed by atoms with Gasteiger partial charge in [-0.25, -0.2) is 4.79 Å². The molecule has 0 saturated carbocycles. The highest BCUT2D eigenvalue weighted by molar-refractivity contribution is 6.34. The molecule has 0 bridgehead atoms. The first-order valence-corrected chi connectivity index (χ1v) is 11.3. The molecule has 0 saturated heterocycles. The van der Waals surface area contributed by atoms with Crippen molar-refractivity contribution in [3.63, 3.8) is 0 Å². The van der Waals surface area contributed by atoms with Gasteiger partial charge >= 0.3 is 12.1 Å². The van der Waals surface area contributed by atoms with E-state index in [0.717, 1.165) is 36.4 Å². The summed E-state index contributed by atoms with van der Waals surface area (Å²) in [4.78, 5) is 35.7. The van der Waals surface area contributed by atoms with Gasteiger partial charge in [0.2, 0.25) is 11.2 Å². The second-order valence-electron chi connectivity index (χ2n) is 8.03. The average Bonchev–Trinajstić information content (AvgIpc) is 2.83. The summed E-state index contributed by atoms with van der Waals surface area (Å²) < 4.78 is 57.1. The largest absolute Gasteiger partial charge is 0.453 e. The van der Waals surface area contributed by atoms with Crippen LogP contribution in [0.3, 0.4) is 0 Å². The van der Waals surface area contributed by atoms with Gasteiger partial charge in [-0.1, -0.05) is 23.2 Å². The van der Waals surface area contributed by atoms with Crippen LogP contribution in [0.4, 0.5) is 18.9 Å². The van der Waals surface area contributed by atoms with Crippen LogP contribution in [0.5, 0.6) is 17.2 Å². The molecule has 1 aromatic heterocycles. The molecule has 0 amide bonds. The number of hydrogen-bond donors (Lipinski definition) is 0. The van der Waals surface area contributed by atoms with E-state index in [-0.39, 0.29) is 33.2 Å². The van der Waals surface area contributed by atoms with Crippen molar-refractivity contribution >= 4 is 45.8 Å². The predicted octanol–water partition coefficient (Wildman–Crippen LogP) is 7.66. The number of aryl methyl sites for hydroxylation is 2. The summed E-state index contributed by atoms with van der Waals surface area (Å²) in [6, 6.07) is 8.98. The van der Waals surface area contributed by atoms with Gasteiger partial charge in [0.15, 0.2) is 0 Å². The summed E-state index contributed by atoms with van der Waals surface area (Å²) in [5.41, 5.74) is -1.17. The predicted molar refractivity (Wildman–Crippen MR) is 132 cm³/mol. The Morgan fingerprint density at radius 2 is 1.66 bits per heavy atom. The van der Waals surface area contributed by atoms with Gasteiger partial charge in [-0.3, -0.25) is 14.9 Å². The van der Waals surface area contributed by atoms with Crippen molar-refractivity contribution in [2.24, 2.45) is 0 Å². The van der Waals surface area contributed by atoms with Gasteiger partial charge in [-0.15, -0.1) is 0 Å². The Kier molecular flexibility index (Phi) is 7.09. The first kappa shape index (κ1) is 27.0. The average molecular weight is 568 g/mol. The number of alkyl halides is 3. The van der Waals surface area contributed by atoms with E-state index in [1.54, 1.807) is 13.8 Å². The number of esters is 1. The molecule has 196 valence electrons. The van der Waals surface area contributed by atoms with Crippen LogP contribution in [-0.2, 0) is 6.18 Å². The lowest BCUT2D eigenvalue weighted by atomic mass is 10.1. The molecule has 0 aliphatic heterocycles. The molecule has 3 aromatic carbocycles. The Bertz CT molecular complexity index is 1660. The van der Waals surface area contributed by atoms with E-state index in [1.165, 1.54) is 12.1 Å². The number of carbonyl (C=O) groups is 1. The van der Waals surface area contributed by atoms with Gasteiger partial charge in [0.25, 0.3) is 11.4 Å². The number of nitro groups is 1. The lowest BCUT2D eigenvalue weighted by Crippen LogP contribution is -2.16. The van der Waals surface area contributed by atoms with Gasteiger partial charge in [0, 0.05) is 23.2 Å². The molecular weight excluding hydrogens is 554 g/mol. The van der Waals surface area contributed by atoms with E-state index in [0.29, 0.717) is 16.1 Å². The molecule has 0 aliphatic rings. The summed E-state index contributed by atoms with van der Waals surface area (Å²) in [7, 11) is 0. The molecule has 0 atom stereocenters. The number of ether oxygens (including phenoxy) is 2. The number of hydrogen-bond acceptors (Lipinski definition) is 7. The van der Waals surface area contributed by atoms with Gasteiger partial charge in [-0.2, -0.15) is 13.2 Å². The maximum Gasteiger partial charge on any atom is 0.453 e. The van der Waals surface area contributed by atoms with Gasteiger partial charge in [-0.05, 0) is 55.3 Å². The van der Waals surface area contributed by atoms with E-state index in [2.05, 4.69) is 0 Å². The van der Waals surface area contributed by atoms with Crippen molar-refractivity contribution in [3.8, 4) is 17.2 Å². The highest BCUT2D eigenvalue weighted by Gasteiger charge is 2.40. The summed E-state index contributed by atoms with van der Waals surface area (Å²) in [6.07, 6.45) is -5.11. The monoisotopic (exact) mass is 567 g/mol. The lowest BCUT2D eigenvalue weighted by Gasteiger charge is -2.15. The number of fused-ring (bicyclic) bond motifs is 1. The molecule has 0 radical (unpaired) electrons. The Morgan fingerprint density at radius 1 is 1.00 bits per heavy atom. The topological polar surface area (TPSA) is 109 Å². The fourth-order valence-electron chi connectivity index (χ4n) is 3.53. The smallest absolute Gasteiger partial charge is 0.449 e. The fourth-order valence-corrected chi connectivity index (χ4v) is 3.89. The van der Waals surface area contributed by atoms with Crippen LogP contribution in [0.1, 0.15) is 27.2 Å². The number of carbonyl (C=O) groups excluding carboxylic acids is 1. The SMILES string of the molecule is Cc1cc(Oc2c(C(F)(F)F)oc3cc(OC(=O)c4ccc([N+](=O)[O-])cc4Cl)ccc3c2=O)cc(C)c1Cl. The van der Waals surface area contributed by atoms with Gasteiger partial charge < -0.3 is 13.9 Å². The first-order chi connectivity index (χ1) is 17.8. The zero-order chi connectivity index (χ0) is 27.9. The summed E-state index contributed by atoms with van der Waals surface area (Å²) in [5.74, 6) is -4.13. The molecule has 4 rings (SSSR count). The minimum Gasteiger partial charge on any atom is -0.449 e. The number of rotatable bonds is 5. The second kappa shape index (κ2) is 9.99. The minimum atomic E-state index is -5.11. The van der Waals surface area contributed by atoms with Crippen molar-refractivity contribution < 1.29 is 36.8 Å². The Balaban J connectivity index is 1.74. The zero-order valence-electron chi connectivity index (χ0n) is 19.3. The normalized spacial score (nSPS) is 11.4. The van der Waals surface area contributed by atoms with Crippen molar-refractivity contribution in [2.75, 3.05) is 0 Å². The van der Waals surface area contributed by atoms with Crippen LogP contribution in [0, 0.1) is 24.0 Å². The summed E-state index contributed by atoms with van der Waals surface area (Å²) in [5, 5.41) is 10.7. The maximum atomic E-state index is 13.9. The molecule has 0 unspecified atom stereocenters. The third-order valence-electron chi connectivity index (χ3n) is 5.30. The summed E-state index contributed by atoms with van der Waals surface area (Å²) >= 11 is 12.0. The zero-order valence-corrected chi connectivity index (χ0v) is 20.8. The molecule has 0 fully saturated rings. The van der Waals surface area contributed by atoms with Crippen molar-refractivity contribution in [2.45, 2.75) is 20.0 Å². The van der Waals surface area contributed by atoms with Crippen LogP contribution in [0.25, 0.3) is 11.0 Å². The molecular formula is C25H14Cl2F3NO7. The van der Waals surface area contributed by atoms with Crippen molar-refractivity contribution in [1.82, 2.24) is 0 Å². The van der Waals surface area contributed by atoms with E-state index >= 15 is 0 Å². The summed E-state index contributed by atoms with van der Waals surface area (Å²) in [6.45, 7) is 3.25. The fraction of sp³-hybridized carbons (Fsp3) is 0.120. The molecule has 0 spiro atoms. The molecule has 0 aliphatic carbocycles. The Hall–Kier alpha value is -4.09. The molecule has 1 heterocycles. The number of non-ortho nitro benzene ring substituents is 1. The molecule has 38 heavy (non-hydrogen) atoms. The van der Waals surface area contributed by atoms with Gasteiger partial charge in [0.05, 0.1) is 20.9 Å². The molecule has 13 heteroatoms. The number of halogens is 5. The molecule has 4 aromatic rings. The van der Waals surface area contributed by atoms with Crippen LogP contribution in [-0.4, -0.2) is 10.9 Å². The van der Waals surface area contributed by atoms with E-state index < -0.39 is 39.6 Å². The lowest BCUT2D eigenvalue weighted by molar-refractivity contribution is -0.384. The Morgan fingerprint density at radius 3 is 2.24 bits per heavy atom. The minimum absolute atomic E-state index is 0.0490. The van der Waals surface area contributed by atoms with Crippen LogP contribution in [0.15, 0.2) is 57.7 Å². The third kappa shape index (κ3) is 5.29. The van der Waals surface area contributed by atoms with E-state index in [1.807, 2.05) is 0 Å². The third-order valence-corrected chi connectivity index (χ3v) is 6.21. The second-order valence-corrected chi connectivity index (χ2v) is 8.81. The Labute approximate surface area is 221 Å². The molecule has 0 N–H and O–H groups in total. The highest BCUT2D eigenvalue weighted by Crippen LogP contribution is 2.39. The van der Waals surface area contributed by atoms with Crippen LogP contribution in [0.2, 0.25) is 10.0 Å². The van der Waals surface area contributed by atoms with Crippen LogP contribution >= 0.6 is 23.2 Å².